The van der Waals surface area contributed by atoms with Crippen molar-refractivity contribution >= 4 is 23.3 Å². The number of anilines is 2. The SMILES string of the molecule is COc1ccc(CN(C)C[C@H]2Oc3ccc(NC(=O)Nc4c(C)noc4C)cc3CC(=O)N([C@H](C)CO)C[C@H]2C)cc1. The molecule has 42 heavy (non-hydrogen) atoms. The molecule has 1 aromatic heterocycles. The van der Waals surface area contributed by atoms with Crippen molar-refractivity contribution in [3.05, 3.63) is 65.0 Å². The van der Waals surface area contributed by atoms with Crippen molar-refractivity contribution < 1.29 is 28.7 Å². The van der Waals surface area contributed by atoms with Gasteiger partial charge in [0.1, 0.15) is 29.0 Å². The zero-order chi connectivity index (χ0) is 30.4. The number of benzene rings is 2. The number of methoxy groups -OCH3 is 1. The Hall–Kier alpha value is -4.09. The minimum Gasteiger partial charge on any atom is -0.497 e. The summed E-state index contributed by atoms with van der Waals surface area (Å²) in [7, 11) is 3.69. The average Bonchev–Trinajstić information content (AvgIpc) is 3.29. The first-order valence-corrected chi connectivity index (χ1v) is 14.1. The molecule has 11 heteroatoms. The average molecular weight is 580 g/mol. The van der Waals surface area contributed by atoms with Gasteiger partial charge in [-0.2, -0.15) is 0 Å². The number of carbonyl (C=O) groups is 2. The van der Waals surface area contributed by atoms with Crippen molar-refractivity contribution in [1.82, 2.24) is 15.0 Å². The first kappa shape index (κ1) is 30.9. The maximum atomic E-state index is 13.5. The summed E-state index contributed by atoms with van der Waals surface area (Å²) >= 11 is 0. The van der Waals surface area contributed by atoms with Crippen LogP contribution in [0.1, 0.15) is 36.4 Å². The smallest absolute Gasteiger partial charge is 0.323 e. The molecule has 226 valence electrons. The number of fused-ring (bicyclic) bond motifs is 1. The summed E-state index contributed by atoms with van der Waals surface area (Å²) in [6.07, 6.45) is -0.171. The topological polar surface area (TPSA) is 129 Å². The van der Waals surface area contributed by atoms with Gasteiger partial charge in [0.05, 0.1) is 26.2 Å². The molecule has 2 heterocycles. The Morgan fingerprint density at radius 1 is 1.21 bits per heavy atom. The molecule has 0 unspecified atom stereocenters. The van der Waals surface area contributed by atoms with Gasteiger partial charge in [-0.05, 0) is 63.7 Å². The summed E-state index contributed by atoms with van der Waals surface area (Å²) in [5, 5.41) is 19.4. The normalized spacial score (nSPS) is 17.9. The molecule has 3 N–H and O–H groups in total. The second-order valence-corrected chi connectivity index (χ2v) is 11.0. The molecule has 0 saturated carbocycles. The molecule has 3 amide bonds. The number of nitrogens with zero attached hydrogens (tertiary/aromatic N) is 3. The third-order valence-electron chi connectivity index (χ3n) is 7.55. The van der Waals surface area contributed by atoms with Crippen LogP contribution in [0.15, 0.2) is 47.0 Å². The van der Waals surface area contributed by atoms with Crippen LogP contribution in [-0.2, 0) is 17.8 Å². The summed E-state index contributed by atoms with van der Waals surface area (Å²) in [5.41, 5.74) is 3.40. The zero-order valence-electron chi connectivity index (χ0n) is 25.1. The van der Waals surface area contributed by atoms with Crippen LogP contribution in [0.25, 0.3) is 0 Å². The number of hydrogen-bond donors (Lipinski definition) is 3. The predicted octanol–water partition coefficient (Wildman–Crippen LogP) is 4.23. The maximum Gasteiger partial charge on any atom is 0.323 e. The van der Waals surface area contributed by atoms with E-state index in [1.165, 1.54) is 0 Å². The predicted molar refractivity (Wildman–Crippen MR) is 160 cm³/mol. The number of ether oxygens (including phenoxy) is 2. The van der Waals surface area contributed by atoms with Gasteiger partial charge in [0, 0.05) is 36.8 Å². The highest BCUT2D eigenvalue weighted by molar-refractivity contribution is 6.00. The van der Waals surface area contributed by atoms with E-state index in [4.69, 9.17) is 14.0 Å². The molecule has 4 rings (SSSR count). The van der Waals surface area contributed by atoms with E-state index >= 15 is 0 Å². The van der Waals surface area contributed by atoms with Crippen molar-refractivity contribution in [2.45, 2.75) is 52.8 Å². The second kappa shape index (κ2) is 13.7. The zero-order valence-corrected chi connectivity index (χ0v) is 25.1. The van der Waals surface area contributed by atoms with E-state index in [0.717, 1.165) is 11.3 Å². The third kappa shape index (κ3) is 7.59. The number of aliphatic hydroxyl groups excluding tert-OH is 1. The summed E-state index contributed by atoms with van der Waals surface area (Å²) in [4.78, 5) is 30.1. The van der Waals surface area contributed by atoms with Crippen LogP contribution in [0.3, 0.4) is 0 Å². The lowest BCUT2D eigenvalue weighted by atomic mass is 10.0. The lowest BCUT2D eigenvalue weighted by Gasteiger charge is -2.34. The van der Waals surface area contributed by atoms with Crippen molar-refractivity contribution in [3.8, 4) is 11.5 Å². The number of aliphatic hydroxyl groups is 1. The van der Waals surface area contributed by atoms with Crippen LogP contribution < -0.4 is 20.1 Å². The number of rotatable bonds is 9. The van der Waals surface area contributed by atoms with Crippen LogP contribution in [0.5, 0.6) is 11.5 Å². The lowest BCUT2D eigenvalue weighted by molar-refractivity contribution is -0.134. The Morgan fingerprint density at radius 2 is 1.95 bits per heavy atom. The fourth-order valence-electron chi connectivity index (χ4n) is 5.08. The van der Waals surface area contributed by atoms with Crippen LogP contribution >= 0.6 is 0 Å². The highest BCUT2D eigenvalue weighted by Gasteiger charge is 2.31. The molecule has 0 radical (unpaired) electrons. The van der Waals surface area contributed by atoms with E-state index < -0.39 is 6.03 Å². The van der Waals surface area contributed by atoms with Crippen molar-refractivity contribution in [2.75, 3.05) is 44.5 Å². The van der Waals surface area contributed by atoms with E-state index in [2.05, 4.69) is 27.6 Å². The lowest BCUT2D eigenvalue weighted by Crippen LogP contribution is -2.47. The van der Waals surface area contributed by atoms with Crippen molar-refractivity contribution in [2.24, 2.45) is 5.92 Å². The van der Waals surface area contributed by atoms with Crippen LogP contribution in [0.4, 0.5) is 16.2 Å². The number of hydrogen-bond acceptors (Lipinski definition) is 8. The first-order chi connectivity index (χ1) is 20.1. The van der Waals surface area contributed by atoms with E-state index in [-0.39, 0.29) is 37.0 Å². The molecule has 0 bridgehead atoms. The number of aryl methyl sites for hydroxylation is 2. The molecule has 0 aliphatic carbocycles. The minimum atomic E-state index is -0.457. The van der Waals surface area contributed by atoms with E-state index in [1.807, 2.05) is 38.2 Å². The minimum absolute atomic E-state index is 0.0224. The van der Waals surface area contributed by atoms with Gasteiger partial charge in [-0.1, -0.05) is 24.2 Å². The molecule has 11 nitrogen and oxygen atoms in total. The molecule has 3 atom stereocenters. The van der Waals surface area contributed by atoms with Gasteiger partial charge >= 0.3 is 6.03 Å². The third-order valence-corrected chi connectivity index (χ3v) is 7.55. The van der Waals surface area contributed by atoms with Crippen LogP contribution in [-0.4, -0.2) is 78.0 Å². The van der Waals surface area contributed by atoms with Gasteiger partial charge < -0.3 is 34.6 Å². The fourth-order valence-corrected chi connectivity index (χ4v) is 5.08. The van der Waals surface area contributed by atoms with Crippen molar-refractivity contribution in [3.63, 3.8) is 0 Å². The maximum absolute atomic E-state index is 13.5. The Balaban J connectivity index is 1.56. The standard InChI is InChI=1S/C31H41N5O6/c1-19-15-36(20(2)18-37)29(38)14-24-13-25(32-31(39)33-30-21(3)34-42-22(30)4)9-12-27(24)41-28(19)17-35(5)16-23-7-10-26(40-6)11-8-23/h7-13,19-20,28,37H,14-18H2,1-6H3,(H2,32,33,39)/t19-,20-,28-/m1/s1. The van der Waals surface area contributed by atoms with Gasteiger partial charge in [-0.25, -0.2) is 4.79 Å². The molecule has 1 aliphatic rings. The summed E-state index contributed by atoms with van der Waals surface area (Å²) in [6.45, 7) is 9.00. The number of urea groups is 1. The Labute approximate surface area is 246 Å². The van der Waals surface area contributed by atoms with E-state index in [1.54, 1.807) is 44.1 Å². The highest BCUT2D eigenvalue weighted by atomic mass is 16.5. The largest absolute Gasteiger partial charge is 0.497 e. The van der Waals surface area contributed by atoms with Gasteiger partial charge in [0.15, 0.2) is 5.76 Å². The molecule has 0 spiro atoms. The molecule has 3 aromatic rings. The fraction of sp³-hybridized carbons (Fsp3) is 0.452. The molecular formula is C31H41N5O6. The summed E-state index contributed by atoms with van der Waals surface area (Å²) in [6, 6.07) is 12.5. The highest BCUT2D eigenvalue weighted by Crippen LogP contribution is 2.30. The number of aromatic nitrogens is 1. The van der Waals surface area contributed by atoms with Crippen molar-refractivity contribution in [1.29, 1.82) is 0 Å². The monoisotopic (exact) mass is 579 g/mol. The Morgan fingerprint density at radius 3 is 2.60 bits per heavy atom. The number of carbonyl (C=O) groups excluding carboxylic acids is 2. The van der Waals surface area contributed by atoms with E-state index in [0.29, 0.717) is 53.8 Å². The van der Waals surface area contributed by atoms with Gasteiger partial charge in [0.25, 0.3) is 0 Å². The van der Waals surface area contributed by atoms with Gasteiger partial charge in [-0.3, -0.25) is 9.69 Å². The molecular weight excluding hydrogens is 538 g/mol. The van der Waals surface area contributed by atoms with E-state index in [9.17, 15) is 14.7 Å². The van der Waals surface area contributed by atoms with Crippen LogP contribution in [0, 0.1) is 19.8 Å². The van der Waals surface area contributed by atoms with Gasteiger partial charge in [-0.15, -0.1) is 0 Å². The summed E-state index contributed by atoms with van der Waals surface area (Å²) < 4.78 is 17.0. The second-order valence-electron chi connectivity index (χ2n) is 11.0. The first-order valence-electron chi connectivity index (χ1n) is 14.1. The number of nitrogens with one attached hydrogen (secondary N) is 2. The summed E-state index contributed by atoms with van der Waals surface area (Å²) in [5.74, 6) is 1.77. The molecule has 1 aliphatic heterocycles. The number of amides is 3. The number of likely N-dealkylation sites (N-methyl/N-ethyl adjacent to an activating group) is 1. The van der Waals surface area contributed by atoms with Gasteiger partial charge in [0.2, 0.25) is 5.91 Å². The quantitative estimate of drug-likeness (QED) is 0.344. The van der Waals surface area contributed by atoms with Crippen LogP contribution in [0.2, 0.25) is 0 Å². The Kier molecular flexibility index (Phi) is 10.1. The Bertz CT molecular complexity index is 1360. The molecule has 0 saturated heterocycles. The molecule has 0 fully saturated rings. The molecule has 2 aromatic carbocycles.